The molecule has 1 aromatic carbocycles. The van der Waals surface area contributed by atoms with Gasteiger partial charge < -0.3 is 4.90 Å². The minimum absolute atomic E-state index is 0.000361. The second-order valence-corrected chi connectivity index (χ2v) is 5.89. The van der Waals surface area contributed by atoms with Crippen LogP contribution in [0.5, 0.6) is 0 Å². The van der Waals surface area contributed by atoms with Crippen LogP contribution in [-0.2, 0) is 6.42 Å². The van der Waals surface area contributed by atoms with Gasteiger partial charge in [-0.25, -0.2) is 0 Å². The van der Waals surface area contributed by atoms with Crippen molar-refractivity contribution in [2.45, 2.75) is 12.8 Å². The first-order valence-electron chi connectivity index (χ1n) is 8.08. The SMILES string of the molecule is O=C(c1cncc(-c2cccnc2)c1)N1CCCc2ccccc21. The van der Waals surface area contributed by atoms with Crippen LogP contribution in [0.1, 0.15) is 22.3 Å². The highest BCUT2D eigenvalue weighted by Gasteiger charge is 2.23. The molecule has 118 valence electrons. The molecule has 2 aromatic heterocycles. The molecule has 4 rings (SSSR count). The number of carbonyl (C=O) groups is 1. The topological polar surface area (TPSA) is 46.1 Å². The quantitative estimate of drug-likeness (QED) is 0.724. The van der Waals surface area contributed by atoms with E-state index in [9.17, 15) is 4.79 Å². The highest BCUT2D eigenvalue weighted by Crippen LogP contribution is 2.28. The smallest absolute Gasteiger partial charge is 0.259 e. The fourth-order valence-electron chi connectivity index (χ4n) is 3.15. The predicted molar refractivity (Wildman–Crippen MR) is 93.9 cm³/mol. The van der Waals surface area contributed by atoms with E-state index in [2.05, 4.69) is 16.0 Å². The van der Waals surface area contributed by atoms with Crippen molar-refractivity contribution in [3.63, 3.8) is 0 Å². The number of amides is 1. The summed E-state index contributed by atoms with van der Waals surface area (Å²) in [6, 6.07) is 13.9. The van der Waals surface area contributed by atoms with Crippen LogP contribution in [0.3, 0.4) is 0 Å². The Bertz CT molecular complexity index is 877. The number of aryl methyl sites for hydroxylation is 1. The first-order chi connectivity index (χ1) is 11.8. The maximum atomic E-state index is 13.0. The molecule has 0 atom stereocenters. The van der Waals surface area contributed by atoms with Gasteiger partial charge in [0, 0.05) is 48.1 Å². The Morgan fingerprint density at radius 1 is 0.958 bits per heavy atom. The molecule has 4 heteroatoms. The van der Waals surface area contributed by atoms with Gasteiger partial charge in [-0.3, -0.25) is 14.8 Å². The first kappa shape index (κ1) is 14.6. The second kappa shape index (κ2) is 6.24. The molecule has 0 radical (unpaired) electrons. The number of pyridine rings is 2. The maximum Gasteiger partial charge on any atom is 0.259 e. The zero-order chi connectivity index (χ0) is 16.4. The summed E-state index contributed by atoms with van der Waals surface area (Å²) in [5.74, 6) is 0.000361. The Morgan fingerprint density at radius 3 is 2.71 bits per heavy atom. The lowest BCUT2D eigenvalue weighted by Gasteiger charge is -2.29. The predicted octanol–water partition coefficient (Wildman–Crippen LogP) is 3.74. The lowest BCUT2D eigenvalue weighted by molar-refractivity contribution is 0.0985. The van der Waals surface area contributed by atoms with Crippen LogP contribution >= 0.6 is 0 Å². The van der Waals surface area contributed by atoms with Crippen LogP contribution in [0, 0.1) is 0 Å². The van der Waals surface area contributed by atoms with Gasteiger partial charge in [0.05, 0.1) is 5.56 Å². The van der Waals surface area contributed by atoms with Gasteiger partial charge in [-0.15, -0.1) is 0 Å². The number of fused-ring (bicyclic) bond motifs is 1. The summed E-state index contributed by atoms with van der Waals surface area (Å²) in [6.07, 6.45) is 8.92. The van der Waals surface area contributed by atoms with E-state index in [1.807, 2.05) is 41.3 Å². The summed E-state index contributed by atoms with van der Waals surface area (Å²) in [4.78, 5) is 23.3. The minimum atomic E-state index is 0.000361. The Labute approximate surface area is 140 Å². The van der Waals surface area contributed by atoms with Crippen molar-refractivity contribution in [1.29, 1.82) is 0 Å². The molecule has 0 N–H and O–H groups in total. The molecule has 0 saturated carbocycles. The molecule has 4 nitrogen and oxygen atoms in total. The Hall–Kier alpha value is -3.01. The largest absolute Gasteiger partial charge is 0.308 e. The number of para-hydroxylation sites is 1. The summed E-state index contributed by atoms with van der Waals surface area (Å²) in [5, 5.41) is 0. The van der Waals surface area contributed by atoms with Crippen LogP contribution in [0.2, 0.25) is 0 Å². The van der Waals surface area contributed by atoms with Crippen LogP contribution in [-0.4, -0.2) is 22.4 Å². The fourth-order valence-corrected chi connectivity index (χ4v) is 3.15. The van der Waals surface area contributed by atoms with Gasteiger partial charge in [0.2, 0.25) is 0 Å². The number of carbonyl (C=O) groups excluding carboxylic acids is 1. The zero-order valence-electron chi connectivity index (χ0n) is 13.2. The van der Waals surface area contributed by atoms with E-state index < -0.39 is 0 Å². The van der Waals surface area contributed by atoms with Crippen molar-refractivity contribution in [3.8, 4) is 11.1 Å². The number of nitrogens with zero attached hydrogens (tertiary/aromatic N) is 3. The summed E-state index contributed by atoms with van der Waals surface area (Å²) < 4.78 is 0. The number of rotatable bonds is 2. The van der Waals surface area contributed by atoms with E-state index >= 15 is 0 Å². The lowest BCUT2D eigenvalue weighted by atomic mass is 10.0. The van der Waals surface area contributed by atoms with Crippen LogP contribution < -0.4 is 4.90 Å². The van der Waals surface area contributed by atoms with E-state index in [4.69, 9.17) is 0 Å². The Kier molecular flexibility index (Phi) is 3.79. The van der Waals surface area contributed by atoms with Crippen molar-refractivity contribution in [2.75, 3.05) is 11.4 Å². The van der Waals surface area contributed by atoms with Crippen molar-refractivity contribution < 1.29 is 4.79 Å². The van der Waals surface area contributed by atoms with Gasteiger partial charge in [0.15, 0.2) is 0 Å². The average Bonchev–Trinajstić information content (AvgIpc) is 2.68. The molecule has 0 unspecified atom stereocenters. The van der Waals surface area contributed by atoms with Gasteiger partial charge in [-0.2, -0.15) is 0 Å². The zero-order valence-corrected chi connectivity index (χ0v) is 13.2. The number of benzene rings is 1. The van der Waals surface area contributed by atoms with Crippen LogP contribution in [0.4, 0.5) is 5.69 Å². The highest BCUT2D eigenvalue weighted by atomic mass is 16.2. The van der Waals surface area contributed by atoms with E-state index in [0.717, 1.165) is 36.2 Å². The molecule has 1 aliphatic heterocycles. The van der Waals surface area contributed by atoms with Crippen molar-refractivity contribution >= 4 is 11.6 Å². The van der Waals surface area contributed by atoms with E-state index in [1.165, 1.54) is 5.56 Å². The molecule has 0 aliphatic carbocycles. The van der Waals surface area contributed by atoms with Gasteiger partial charge in [-0.05, 0) is 36.6 Å². The molecule has 0 saturated heterocycles. The highest BCUT2D eigenvalue weighted by molar-refractivity contribution is 6.07. The summed E-state index contributed by atoms with van der Waals surface area (Å²) >= 11 is 0. The molecule has 0 fully saturated rings. The second-order valence-electron chi connectivity index (χ2n) is 5.89. The van der Waals surface area contributed by atoms with Gasteiger partial charge in [0.1, 0.15) is 0 Å². The summed E-state index contributed by atoms with van der Waals surface area (Å²) in [5.41, 5.74) is 4.71. The van der Waals surface area contributed by atoms with E-state index in [1.54, 1.807) is 24.8 Å². The van der Waals surface area contributed by atoms with Crippen molar-refractivity contribution in [3.05, 3.63) is 78.4 Å². The standard InChI is InChI=1S/C20H17N3O/c24-20(23-10-4-7-15-5-1-2-8-19(15)23)18-11-17(13-22-14-18)16-6-3-9-21-12-16/h1-3,5-6,8-9,11-14H,4,7,10H2. The molecule has 3 heterocycles. The van der Waals surface area contributed by atoms with Gasteiger partial charge >= 0.3 is 0 Å². The molecule has 0 bridgehead atoms. The number of hydrogen-bond donors (Lipinski definition) is 0. The van der Waals surface area contributed by atoms with Gasteiger partial charge in [0.25, 0.3) is 5.91 Å². The molecule has 0 spiro atoms. The molecular formula is C20H17N3O. The third-order valence-corrected chi connectivity index (χ3v) is 4.34. The summed E-state index contributed by atoms with van der Waals surface area (Å²) in [7, 11) is 0. The molecular weight excluding hydrogens is 298 g/mol. The number of hydrogen-bond acceptors (Lipinski definition) is 3. The third-order valence-electron chi connectivity index (χ3n) is 4.34. The summed E-state index contributed by atoms with van der Waals surface area (Å²) in [6.45, 7) is 0.743. The monoisotopic (exact) mass is 315 g/mol. The van der Waals surface area contributed by atoms with Crippen LogP contribution in [0.25, 0.3) is 11.1 Å². The minimum Gasteiger partial charge on any atom is -0.308 e. The van der Waals surface area contributed by atoms with Gasteiger partial charge in [-0.1, -0.05) is 24.3 Å². The molecule has 24 heavy (non-hydrogen) atoms. The lowest BCUT2D eigenvalue weighted by Crippen LogP contribution is -2.35. The van der Waals surface area contributed by atoms with E-state index in [-0.39, 0.29) is 5.91 Å². The normalized spacial score (nSPS) is 13.4. The van der Waals surface area contributed by atoms with Crippen molar-refractivity contribution in [1.82, 2.24) is 9.97 Å². The molecule has 1 aliphatic rings. The molecule has 1 amide bonds. The third kappa shape index (κ3) is 2.67. The number of anilines is 1. The van der Waals surface area contributed by atoms with Crippen molar-refractivity contribution in [2.24, 2.45) is 0 Å². The number of aromatic nitrogens is 2. The van der Waals surface area contributed by atoms with Crippen LogP contribution in [0.15, 0.2) is 67.3 Å². The first-order valence-corrected chi connectivity index (χ1v) is 8.08. The van der Waals surface area contributed by atoms with E-state index in [0.29, 0.717) is 5.56 Å². The average molecular weight is 315 g/mol. The maximum absolute atomic E-state index is 13.0. The molecule has 3 aromatic rings. The Morgan fingerprint density at radius 2 is 1.83 bits per heavy atom. The Balaban J connectivity index is 1.69. The fraction of sp³-hybridized carbons (Fsp3) is 0.150.